The molecule has 19 heteroatoms. The highest BCUT2D eigenvalue weighted by atomic mass is 16.2. The Balaban J connectivity index is 1.20. The van der Waals surface area contributed by atoms with Crippen molar-refractivity contribution in [1.82, 2.24) is 52.3 Å². The van der Waals surface area contributed by atoms with Crippen LogP contribution in [-0.4, -0.2) is 138 Å². The van der Waals surface area contributed by atoms with E-state index >= 15 is 0 Å². The Morgan fingerprint density at radius 2 is 1.19 bits per heavy atom. The first-order valence-corrected chi connectivity index (χ1v) is 26.1. The minimum absolute atomic E-state index is 0.00127. The number of rotatable bonds is 20. The number of amides is 8. The van der Waals surface area contributed by atoms with E-state index in [2.05, 4.69) is 48.6 Å². The van der Waals surface area contributed by atoms with E-state index in [4.69, 9.17) is 0 Å². The number of fused-ring (bicyclic) bond motifs is 1. The summed E-state index contributed by atoms with van der Waals surface area (Å²) in [5.74, 6) is -4.05. The molecule has 10 atom stereocenters. The van der Waals surface area contributed by atoms with Crippen LogP contribution in [0.1, 0.15) is 136 Å². The smallest absolute Gasteiger partial charge is 0.251 e. The predicted molar refractivity (Wildman–Crippen MR) is 283 cm³/mol. The van der Waals surface area contributed by atoms with Gasteiger partial charge in [-0.2, -0.15) is 0 Å². The first-order valence-electron chi connectivity index (χ1n) is 26.1. The summed E-state index contributed by atoms with van der Waals surface area (Å²) in [4.78, 5) is 127. The highest BCUT2D eigenvalue weighted by Crippen LogP contribution is 2.32. The zero-order valence-electron chi connectivity index (χ0n) is 44.7. The van der Waals surface area contributed by atoms with Gasteiger partial charge in [-0.05, 0) is 121 Å². The van der Waals surface area contributed by atoms with Crippen molar-refractivity contribution in [1.29, 1.82) is 0 Å². The average Bonchev–Trinajstić information content (AvgIpc) is 4.03. The van der Waals surface area contributed by atoms with Crippen molar-refractivity contribution < 1.29 is 43.2 Å². The average molecular weight is 1030 g/mol. The van der Waals surface area contributed by atoms with Crippen LogP contribution in [0.2, 0.25) is 0 Å². The van der Waals surface area contributed by atoms with Crippen molar-refractivity contribution in [2.24, 2.45) is 5.41 Å². The lowest BCUT2D eigenvalue weighted by atomic mass is 9.85. The SMILES string of the molecule is CN[C@@H](C)C(=O)N[C@@H](CCC(C)=O)C(=O)N1C[C@@H](NC(=O)c2cccc(C(=O)N[C@H]3C[C@@H](C(=O)N[C@@H]4CCCc5ccccc54)N(C(=O)[C@@H](NC(=O)[C@H](C)NC)C(C)(C)C)C3)c2)C[C@H]1C(=O)N[C@H](C)c1ccccc1. The summed E-state index contributed by atoms with van der Waals surface area (Å²) in [6.07, 6.45) is 2.59. The van der Waals surface area contributed by atoms with E-state index in [1.165, 1.54) is 34.9 Å². The third-order valence-corrected chi connectivity index (χ3v) is 14.6. The van der Waals surface area contributed by atoms with Gasteiger partial charge in [0.1, 0.15) is 30.0 Å². The van der Waals surface area contributed by atoms with Crippen LogP contribution in [0, 0.1) is 5.41 Å². The van der Waals surface area contributed by atoms with Gasteiger partial charge in [-0.3, -0.25) is 38.4 Å². The normalized spacial score (nSPS) is 21.3. The second-order valence-electron chi connectivity index (χ2n) is 21.3. The standard InChI is InChI=1S/C56H76N10O9/c1-32(67)25-26-44(63-48(68)34(3)57-8)54(74)65-30-40(28-45(65)52(72)59-33(2)36-17-11-10-12-18-36)60-50(70)38-21-15-22-39(27-38)51(71)61-41-29-46(53(73)62-43-24-16-20-37-19-13-14-23-42(37)43)66(31-41)55(75)47(56(5,6)7)64-49(69)35(4)58-9/h10-15,17-19,21-23,27,33-35,40-41,43-47,57-58H,16,20,24-26,28-31H2,1-9H3,(H,59,72)(H,60,70)(H,61,71)(H,62,73)(H,63,68)(H,64,69)/t33-,34+,35+,40+,41+,43-,44+,45+,46+,47-/m1/s1. The van der Waals surface area contributed by atoms with Gasteiger partial charge in [0.2, 0.25) is 35.4 Å². The van der Waals surface area contributed by atoms with Gasteiger partial charge in [-0.1, -0.05) is 81.4 Å². The highest BCUT2D eigenvalue weighted by Gasteiger charge is 2.47. The summed E-state index contributed by atoms with van der Waals surface area (Å²) in [6.45, 7) is 11.9. The molecule has 75 heavy (non-hydrogen) atoms. The van der Waals surface area contributed by atoms with Gasteiger partial charge in [0.15, 0.2) is 0 Å². The number of hydrogen-bond acceptors (Lipinski definition) is 11. The number of likely N-dealkylation sites (N-methyl/N-ethyl adjacent to an activating group) is 2. The second-order valence-corrected chi connectivity index (χ2v) is 21.3. The van der Waals surface area contributed by atoms with E-state index in [1.54, 1.807) is 34.0 Å². The molecule has 3 aliphatic rings. The maximum atomic E-state index is 14.7. The minimum atomic E-state index is -1.14. The van der Waals surface area contributed by atoms with Gasteiger partial charge in [0.25, 0.3) is 11.8 Å². The molecule has 0 bridgehead atoms. The fourth-order valence-corrected chi connectivity index (χ4v) is 9.96. The van der Waals surface area contributed by atoms with Crippen LogP contribution in [0.25, 0.3) is 0 Å². The van der Waals surface area contributed by atoms with Crippen LogP contribution in [-0.2, 0) is 40.0 Å². The van der Waals surface area contributed by atoms with E-state index in [0.717, 1.165) is 36.0 Å². The first kappa shape index (κ1) is 57.3. The minimum Gasteiger partial charge on any atom is -0.348 e. The van der Waals surface area contributed by atoms with E-state index in [-0.39, 0.29) is 73.5 Å². The fourth-order valence-electron chi connectivity index (χ4n) is 9.96. The third kappa shape index (κ3) is 14.7. The van der Waals surface area contributed by atoms with E-state index in [0.29, 0.717) is 0 Å². The number of Topliss-reactive ketones (excluding diaryl/α,β-unsaturated/α-hetero) is 1. The number of benzene rings is 3. The number of aryl methyl sites for hydroxylation is 1. The summed E-state index contributed by atoms with van der Waals surface area (Å²) in [5, 5.41) is 23.5. The van der Waals surface area contributed by atoms with Gasteiger partial charge in [0, 0.05) is 42.7 Å². The first-order chi connectivity index (χ1) is 35.6. The van der Waals surface area contributed by atoms with Crippen LogP contribution in [0.15, 0.2) is 78.9 Å². The maximum Gasteiger partial charge on any atom is 0.251 e. The van der Waals surface area contributed by atoms with Gasteiger partial charge in [0.05, 0.1) is 24.2 Å². The molecule has 0 spiro atoms. The van der Waals surface area contributed by atoms with Gasteiger partial charge >= 0.3 is 0 Å². The number of carbonyl (C=O) groups excluding carboxylic acids is 9. The molecule has 0 saturated carbocycles. The zero-order valence-corrected chi connectivity index (χ0v) is 44.7. The zero-order chi connectivity index (χ0) is 54.7. The molecule has 1 aliphatic carbocycles. The lowest BCUT2D eigenvalue weighted by Crippen LogP contribution is -2.59. The fraction of sp³-hybridized carbons (Fsp3) is 0.518. The Kier molecular flexibility index (Phi) is 19.5. The van der Waals surface area contributed by atoms with Crippen LogP contribution < -0.4 is 42.5 Å². The lowest BCUT2D eigenvalue weighted by molar-refractivity contribution is -0.144. The van der Waals surface area contributed by atoms with Crippen LogP contribution in [0.3, 0.4) is 0 Å². The summed E-state index contributed by atoms with van der Waals surface area (Å²) in [6, 6.07) is 15.7. The molecule has 6 rings (SSSR count). The topological polar surface area (TPSA) is 256 Å². The second kappa shape index (κ2) is 25.5. The van der Waals surface area contributed by atoms with Crippen LogP contribution >= 0.6 is 0 Å². The Morgan fingerprint density at radius 1 is 0.640 bits per heavy atom. The largest absolute Gasteiger partial charge is 0.348 e. The molecule has 3 aromatic rings. The molecule has 2 fully saturated rings. The Morgan fingerprint density at radius 3 is 1.76 bits per heavy atom. The summed E-state index contributed by atoms with van der Waals surface area (Å²) < 4.78 is 0. The number of carbonyl (C=O) groups is 9. The molecule has 2 heterocycles. The molecule has 2 aliphatic heterocycles. The van der Waals surface area contributed by atoms with Crippen molar-refractivity contribution in [2.45, 2.75) is 154 Å². The predicted octanol–water partition coefficient (Wildman–Crippen LogP) is 2.76. The number of nitrogens with zero attached hydrogens (tertiary/aromatic N) is 2. The molecule has 2 saturated heterocycles. The molecule has 19 nitrogen and oxygen atoms in total. The summed E-state index contributed by atoms with van der Waals surface area (Å²) >= 11 is 0. The molecule has 404 valence electrons. The van der Waals surface area contributed by atoms with E-state index in [1.807, 2.05) is 76.2 Å². The maximum absolute atomic E-state index is 14.7. The summed E-state index contributed by atoms with van der Waals surface area (Å²) in [7, 11) is 3.24. The Bertz CT molecular complexity index is 2590. The van der Waals surface area contributed by atoms with Gasteiger partial charge < -0.3 is 57.1 Å². The Hall–Kier alpha value is -6.99. The van der Waals surface area contributed by atoms with Crippen molar-refractivity contribution >= 4 is 53.0 Å². The molecular formula is C56H76N10O9. The number of ketones is 1. The number of likely N-dealkylation sites (tertiary alicyclic amines) is 2. The van der Waals surface area contributed by atoms with Crippen molar-refractivity contribution in [3.63, 3.8) is 0 Å². The molecule has 0 radical (unpaired) electrons. The molecular weight excluding hydrogens is 957 g/mol. The van der Waals surface area contributed by atoms with Gasteiger partial charge in [-0.15, -0.1) is 0 Å². The quantitative estimate of drug-likeness (QED) is 0.0817. The van der Waals surface area contributed by atoms with Crippen LogP contribution in [0.4, 0.5) is 0 Å². The third-order valence-electron chi connectivity index (χ3n) is 14.6. The molecule has 0 aromatic heterocycles. The van der Waals surface area contributed by atoms with E-state index in [9.17, 15) is 43.2 Å². The molecule has 8 N–H and O–H groups in total. The van der Waals surface area contributed by atoms with Crippen molar-refractivity contribution in [3.05, 3.63) is 107 Å². The summed E-state index contributed by atoms with van der Waals surface area (Å²) in [5.41, 5.74) is 2.50. The monoisotopic (exact) mass is 1030 g/mol. The number of hydrogen-bond donors (Lipinski definition) is 8. The Labute approximate surface area is 440 Å². The van der Waals surface area contributed by atoms with Crippen molar-refractivity contribution in [2.75, 3.05) is 27.2 Å². The van der Waals surface area contributed by atoms with E-state index < -0.39 is 95.2 Å². The molecule has 3 aromatic carbocycles. The molecule has 8 amide bonds. The number of nitrogens with one attached hydrogen (secondary N) is 8. The molecule has 0 unspecified atom stereocenters. The van der Waals surface area contributed by atoms with Crippen molar-refractivity contribution in [3.8, 4) is 0 Å². The van der Waals surface area contributed by atoms with Gasteiger partial charge in [-0.25, -0.2) is 0 Å². The highest BCUT2D eigenvalue weighted by molar-refractivity contribution is 6.01. The lowest BCUT2D eigenvalue weighted by Gasteiger charge is -2.36. The van der Waals surface area contributed by atoms with Crippen LogP contribution in [0.5, 0.6) is 0 Å².